The van der Waals surface area contributed by atoms with Crippen molar-refractivity contribution in [2.45, 2.75) is 20.8 Å². The SMILES string of the molecule is CCOC(=O)c1cc(-c2ccn3nc(N)nc3c2)c(C)nc1C. The van der Waals surface area contributed by atoms with E-state index in [1.165, 1.54) is 0 Å². The summed E-state index contributed by atoms with van der Waals surface area (Å²) in [5.41, 5.74) is 9.93. The molecule has 118 valence electrons. The molecule has 0 aliphatic rings. The zero-order valence-electron chi connectivity index (χ0n) is 13.2. The van der Waals surface area contributed by atoms with Crippen LogP contribution in [0.2, 0.25) is 0 Å². The van der Waals surface area contributed by atoms with Crippen molar-refractivity contribution in [2.24, 2.45) is 0 Å². The second-order valence-corrected chi connectivity index (χ2v) is 5.16. The van der Waals surface area contributed by atoms with Crippen LogP contribution in [0, 0.1) is 13.8 Å². The van der Waals surface area contributed by atoms with Crippen molar-refractivity contribution in [3.05, 3.63) is 41.3 Å². The molecule has 0 spiro atoms. The first kappa shape index (κ1) is 15.0. The van der Waals surface area contributed by atoms with Gasteiger partial charge in [-0.05, 0) is 44.5 Å². The molecule has 0 aliphatic heterocycles. The molecular weight excluding hydrogens is 294 g/mol. The summed E-state index contributed by atoms with van der Waals surface area (Å²) in [6.45, 7) is 5.80. The Labute approximate surface area is 133 Å². The molecule has 0 saturated heterocycles. The van der Waals surface area contributed by atoms with E-state index in [1.807, 2.05) is 19.1 Å². The topological polar surface area (TPSA) is 95.4 Å². The summed E-state index contributed by atoms with van der Waals surface area (Å²) in [5.74, 6) is -0.153. The molecule has 0 unspecified atom stereocenters. The molecule has 3 rings (SSSR count). The molecule has 3 heterocycles. The Morgan fingerprint density at radius 2 is 2.04 bits per heavy atom. The van der Waals surface area contributed by atoms with Crippen molar-refractivity contribution in [2.75, 3.05) is 12.3 Å². The monoisotopic (exact) mass is 311 g/mol. The highest BCUT2D eigenvalue weighted by atomic mass is 16.5. The van der Waals surface area contributed by atoms with Crippen molar-refractivity contribution in [3.63, 3.8) is 0 Å². The van der Waals surface area contributed by atoms with Gasteiger partial charge in [-0.1, -0.05) is 0 Å². The number of aromatic nitrogens is 4. The number of nitrogens with zero attached hydrogens (tertiary/aromatic N) is 4. The molecule has 0 fully saturated rings. The minimum absolute atomic E-state index is 0.216. The van der Waals surface area contributed by atoms with Crippen LogP contribution >= 0.6 is 0 Å². The minimum atomic E-state index is -0.369. The second kappa shape index (κ2) is 5.68. The number of carbonyl (C=O) groups is 1. The maximum absolute atomic E-state index is 12.1. The Kier molecular flexibility index (Phi) is 3.69. The molecule has 0 saturated carbocycles. The van der Waals surface area contributed by atoms with Gasteiger partial charge in [-0.25, -0.2) is 9.31 Å². The smallest absolute Gasteiger partial charge is 0.339 e. The van der Waals surface area contributed by atoms with E-state index in [0.717, 1.165) is 16.8 Å². The van der Waals surface area contributed by atoms with E-state index in [-0.39, 0.29) is 11.9 Å². The third-order valence-corrected chi connectivity index (χ3v) is 3.56. The number of hydrogen-bond donors (Lipinski definition) is 1. The molecule has 0 aromatic carbocycles. The molecule has 2 N–H and O–H groups in total. The number of nitrogen functional groups attached to an aromatic ring is 1. The van der Waals surface area contributed by atoms with Crippen LogP contribution in [0.15, 0.2) is 24.4 Å². The second-order valence-electron chi connectivity index (χ2n) is 5.16. The number of fused-ring (bicyclic) bond motifs is 1. The highest BCUT2D eigenvalue weighted by Gasteiger charge is 2.15. The third-order valence-electron chi connectivity index (χ3n) is 3.56. The number of ether oxygens (including phenoxy) is 1. The molecule has 23 heavy (non-hydrogen) atoms. The van der Waals surface area contributed by atoms with Crippen molar-refractivity contribution in [1.82, 2.24) is 19.6 Å². The van der Waals surface area contributed by atoms with Crippen LogP contribution in [0.4, 0.5) is 5.95 Å². The summed E-state index contributed by atoms with van der Waals surface area (Å²) in [7, 11) is 0. The first-order chi connectivity index (χ1) is 11.0. The van der Waals surface area contributed by atoms with Gasteiger partial charge in [0.2, 0.25) is 5.95 Å². The maximum atomic E-state index is 12.1. The average Bonchev–Trinajstić information content (AvgIpc) is 2.86. The van der Waals surface area contributed by atoms with Crippen LogP contribution < -0.4 is 5.73 Å². The number of pyridine rings is 2. The van der Waals surface area contributed by atoms with Crippen LogP contribution in [-0.2, 0) is 4.74 Å². The van der Waals surface area contributed by atoms with Crippen LogP contribution in [-0.4, -0.2) is 32.2 Å². The van der Waals surface area contributed by atoms with Gasteiger partial charge in [0, 0.05) is 17.5 Å². The fourth-order valence-electron chi connectivity index (χ4n) is 2.50. The van der Waals surface area contributed by atoms with E-state index in [0.29, 0.717) is 23.5 Å². The Morgan fingerprint density at radius 1 is 1.26 bits per heavy atom. The van der Waals surface area contributed by atoms with E-state index in [1.54, 1.807) is 30.6 Å². The third kappa shape index (κ3) is 2.73. The quantitative estimate of drug-likeness (QED) is 0.745. The van der Waals surface area contributed by atoms with Crippen LogP contribution in [0.3, 0.4) is 0 Å². The predicted molar refractivity (Wildman–Crippen MR) is 86.1 cm³/mol. The average molecular weight is 311 g/mol. The number of hydrogen-bond acceptors (Lipinski definition) is 6. The Morgan fingerprint density at radius 3 is 2.78 bits per heavy atom. The molecule has 3 aromatic rings. The minimum Gasteiger partial charge on any atom is -0.462 e. The fourth-order valence-corrected chi connectivity index (χ4v) is 2.50. The van der Waals surface area contributed by atoms with Gasteiger partial charge in [0.1, 0.15) is 0 Å². The highest BCUT2D eigenvalue weighted by Crippen LogP contribution is 2.26. The predicted octanol–water partition coefficient (Wildman–Crippen LogP) is 2.17. The first-order valence-electron chi connectivity index (χ1n) is 7.27. The zero-order valence-corrected chi connectivity index (χ0v) is 13.2. The molecule has 0 atom stereocenters. The summed E-state index contributed by atoms with van der Waals surface area (Å²) in [6, 6.07) is 5.55. The Hall–Kier alpha value is -2.96. The molecule has 0 radical (unpaired) electrons. The number of nitrogens with two attached hydrogens (primary N) is 1. The van der Waals surface area contributed by atoms with E-state index < -0.39 is 0 Å². The number of rotatable bonds is 3. The standard InChI is InChI=1S/C16H17N5O2/c1-4-23-15(22)13-8-12(9(2)18-10(13)3)11-5-6-21-14(7-11)19-16(17)20-21/h5-8H,4H2,1-3H3,(H2,17,20). The summed E-state index contributed by atoms with van der Waals surface area (Å²) in [6.07, 6.45) is 1.78. The molecular formula is C16H17N5O2. The van der Waals surface area contributed by atoms with Gasteiger partial charge in [-0.2, -0.15) is 4.98 Å². The number of carbonyl (C=O) groups excluding carboxylic acids is 1. The van der Waals surface area contributed by atoms with E-state index in [2.05, 4.69) is 15.1 Å². The summed E-state index contributed by atoms with van der Waals surface area (Å²) in [4.78, 5) is 20.7. The van der Waals surface area contributed by atoms with Gasteiger partial charge in [0.15, 0.2) is 5.65 Å². The number of esters is 1. The molecule has 0 aliphatic carbocycles. The number of aryl methyl sites for hydroxylation is 2. The summed E-state index contributed by atoms with van der Waals surface area (Å²) >= 11 is 0. The van der Waals surface area contributed by atoms with E-state index in [4.69, 9.17) is 10.5 Å². The van der Waals surface area contributed by atoms with Crippen LogP contribution in [0.1, 0.15) is 28.7 Å². The molecule has 7 nitrogen and oxygen atoms in total. The Balaban J connectivity index is 2.13. The lowest BCUT2D eigenvalue weighted by Gasteiger charge is -2.11. The molecule has 0 amide bonds. The normalized spacial score (nSPS) is 10.9. The largest absolute Gasteiger partial charge is 0.462 e. The molecule has 0 bridgehead atoms. The maximum Gasteiger partial charge on any atom is 0.339 e. The highest BCUT2D eigenvalue weighted by molar-refractivity contribution is 5.92. The fraction of sp³-hybridized carbons (Fsp3) is 0.250. The van der Waals surface area contributed by atoms with Crippen LogP contribution in [0.5, 0.6) is 0 Å². The van der Waals surface area contributed by atoms with Gasteiger partial charge in [0.25, 0.3) is 0 Å². The van der Waals surface area contributed by atoms with E-state index in [9.17, 15) is 4.79 Å². The van der Waals surface area contributed by atoms with Gasteiger partial charge in [-0.3, -0.25) is 4.98 Å². The van der Waals surface area contributed by atoms with Crippen molar-refractivity contribution >= 4 is 17.6 Å². The van der Waals surface area contributed by atoms with E-state index >= 15 is 0 Å². The van der Waals surface area contributed by atoms with Crippen molar-refractivity contribution < 1.29 is 9.53 Å². The van der Waals surface area contributed by atoms with Crippen molar-refractivity contribution in [3.8, 4) is 11.1 Å². The lowest BCUT2D eigenvalue weighted by Crippen LogP contribution is -2.09. The molecule has 3 aromatic heterocycles. The van der Waals surface area contributed by atoms with Gasteiger partial charge in [0.05, 0.1) is 17.9 Å². The molecule has 7 heteroatoms. The lowest BCUT2D eigenvalue weighted by atomic mass is 10.0. The van der Waals surface area contributed by atoms with Crippen molar-refractivity contribution in [1.29, 1.82) is 0 Å². The lowest BCUT2D eigenvalue weighted by molar-refractivity contribution is 0.0525. The van der Waals surface area contributed by atoms with Gasteiger partial charge >= 0.3 is 5.97 Å². The Bertz CT molecular complexity index is 901. The zero-order chi connectivity index (χ0) is 16.6. The van der Waals surface area contributed by atoms with Crippen LogP contribution in [0.25, 0.3) is 16.8 Å². The number of anilines is 1. The van der Waals surface area contributed by atoms with Gasteiger partial charge in [-0.15, -0.1) is 5.10 Å². The first-order valence-corrected chi connectivity index (χ1v) is 7.27. The van der Waals surface area contributed by atoms with Gasteiger partial charge < -0.3 is 10.5 Å². The summed E-state index contributed by atoms with van der Waals surface area (Å²) < 4.78 is 6.69. The summed E-state index contributed by atoms with van der Waals surface area (Å²) in [5, 5.41) is 4.05.